The van der Waals surface area contributed by atoms with Gasteiger partial charge in [-0.2, -0.15) is 0 Å². The van der Waals surface area contributed by atoms with Crippen molar-refractivity contribution in [1.82, 2.24) is 0 Å². The zero-order valence-electron chi connectivity index (χ0n) is 12.6. The predicted molar refractivity (Wildman–Crippen MR) is 81.0 cm³/mol. The fourth-order valence-electron chi connectivity index (χ4n) is 2.95. The normalized spacial score (nSPS) is 12.9. The molecule has 0 aromatic rings. The Morgan fingerprint density at radius 1 is 0.882 bits per heavy atom. The first-order valence-electron chi connectivity index (χ1n) is 7.54. The van der Waals surface area contributed by atoms with Crippen molar-refractivity contribution in [3.63, 3.8) is 0 Å². The standard InChI is InChI=1S/C6H11O.3C3H7.Sn/c1-3-5-6-7-4-2;3*1-3-2;/h5H,3-4H2,1-2H3;3*1,3H2,2H3;. The van der Waals surface area contributed by atoms with Crippen LogP contribution in [0.25, 0.3) is 0 Å². The molecule has 0 aromatic carbocycles. The van der Waals surface area contributed by atoms with Gasteiger partial charge in [-0.05, 0) is 0 Å². The monoisotopic (exact) mass is 348 g/mol. The first-order chi connectivity index (χ1) is 8.20. The van der Waals surface area contributed by atoms with E-state index in [1.165, 1.54) is 36.3 Å². The van der Waals surface area contributed by atoms with E-state index in [0.29, 0.717) is 0 Å². The molecule has 0 bridgehead atoms. The summed E-state index contributed by atoms with van der Waals surface area (Å²) >= 11 is -2.17. The molecule has 0 fully saturated rings. The third kappa shape index (κ3) is 5.67. The second-order valence-electron chi connectivity index (χ2n) is 4.94. The van der Waals surface area contributed by atoms with Crippen molar-refractivity contribution in [2.75, 3.05) is 6.61 Å². The quantitative estimate of drug-likeness (QED) is 0.373. The Morgan fingerprint density at radius 3 is 1.65 bits per heavy atom. The summed E-state index contributed by atoms with van der Waals surface area (Å²) in [6.45, 7) is 12.2. The van der Waals surface area contributed by atoms with Gasteiger partial charge in [-0.15, -0.1) is 0 Å². The number of rotatable bonds is 10. The summed E-state index contributed by atoms with van der Waals surface area (Å²) in [6, 6.07) is 0. The molecule has 0 saturated heterocycles. The molecule has 1 nitrogen and oxygen atoms in total. The van der Waals surface area contributed by atoms with E-state index in [9.17, 15) is 0 Å². The van der Waals surface area contributed by atoms with Crippen LogP contribution in [0.1, 0.15) is 60.3 Å². The van der Waals surface area contributed by atoms with Crippen LogP contribution in [0.4, 0.5) is 0 Å². The SMILES string of the molecule is CCC=[C](OCC)[Sn]([CH2]CC)([CH2]CC)[CH2]CC. The van der Waals surface area contributed by atoms with Crippen LogP contribution in [0.15, 0.2) is 9.85 Å². The molecular formula is C15H32OSn. The summed E-state index contributed by atoms with van der Waals surface area (Å²) in [6.07, 6.45) is 7.55. The molecule has 102 valence electrons. The van der Waals surface area contributed by atoms with Crippen molar-refractivity contribution in [3.8, 4) is 0 Å². The molecule has 0 aliphatic heterocycles. The summed E-state index contributed by atoms with van der Waals surface area (Å²) in [5.74, 6) is 0. The van der Waals surface area contributed by atoms with Crippen molar-refractivity contribution < 1.29 is 4.74 Å². The predicted octanol–water partition coefficient (Wildman–Crippen LogP) is 5.53. The van der Waals surface area contributed by atoms with E-state index in [1.807, 2.05) is 0 Å². The second-order valence-corrected chi connectivity index (χ2v) is 17.9. The minimum absolute atomic E-state index is 0.849. The second kappa shape index (κ2) is 10.3. The van der Waals surface area contributed by atoms with Gasteiger partial charge in [0.2, 0.25) is 0 Å². The number of hydrogen-bond acceptors (Lipinski definition) is 1. The summed E-state index contributed by atoms with van der Waals surface area (Å²) in [4.78, 5) is 0. The first-order valence-corrected chi connectivity index (χ1v) is 15.0. The summed E-state index contributed by atoms with van der Waals surface area (Å²) < 4.78 is 12.0. The molecule has 0 radical (unpaired) electrons. The average molecular weight is 347 g/mol. The van der Waals surface area contributed by atoms with Crippen molar-refractivity contribution in [1.29, 1.82) is 0 Å². The van der Waals surface area contributed by atoms with E-state index in [0.717, 1.165) is 13.0 Å². The molecule has 0 aliphatic carbocycles. The Bertz CT molecular complexity index is 194. The number of hydrogen-bond donors (Lipinski definition) is 0. The third-order valence-corrected chi connectivity index (χ3v) is 19.9. The van der Waals surface area contributed by atoms with Gasteiger partial charge < -0.3 is 0 Å². The topological polar surface area (TPSA) is 9.23 Å². The Morgan fingerprint density at radius 2 is 1.35 bits per heavy atom. The molecule has 0 aromatic heterocycles. The van der Waals surface area contributed by atoms with Gasteiger partial charge in [0.15, 0.2) is 0 Å². The van der Waals surface area contributed by atoms with E-state index in [1.54, 1.807) is 0 Å². The van der Waals surface area contributed by atoms with E-state index < -0.39 is 18.4 Å². The van der Waals surface area contributed by atoms with Gasteiger partial charge in [0, 0.05) is 0 Å². The van der Waals surface area contributed by atoms with Crippen LogP contribution in [0.2, 0.25) is 13.3 Å². The van der Waals surface area contributed by atoms with Crippen molar-refractivity contribution in [3.05, 3.63) is 9.85 Å². The van der Waals surface area contributed by atoms with Crippen LogP contribution in [0.5, 0.6) is 0 Å². The van der Waals surface area contributed by atoms with Crippen LogP contribution in [-0.2, 0) is 4.74 Å². The average Bonchev–Trinajstić information content (AvgIpc) is 2.29. The fourth-order valence-corrected chi connectivity index (χ4v) is 18.5. The fraction of sp³-hybridized carbons (Fsp3) is 0.867. The Hall–Kier alpha value is 0.339. The van der Waals surface area contributed by atoms with Crippen molar-refractivity contribution in [2.24, 2.45) is 0 Å². The minimum atomic E-state index is -2.17. The molecule has 0 atom stereocenters. The molecule has 17 heavy (non-hydrogen) atoms. The molecule has 0 unspecified atom stereocenters. The number of ether oxygens (including phenoxy) is 1. The third-order valence-electron chi connectivity index (χ3n) is 3.40. The number of allylic oxidation sites excluding steroid dienone is 1. The van der Waals surface area contributed by atoms with Crippen molar-refractivity contribution in [2.45, 2.75) is 73.6 Å². The van der Waals surface area contributed by atoms with Gasteiger partial charge in [-0.25, -0.2) is 0 Å². The molecule has 0 rings (SSSR count). The summed E-state index contributed by atoms with van der Waals surface area (Å²) in [7, 11) is 0. The van der Waals surface area contributed by atoms with E-state index in [-0.39, 0.29) is 0 Å². The molecule has 0 N–H and O–H groups in total. The summed E-state index contributed by atoms with van der Waals surface area (Å²) in [5, 5.41) is 0. The van der Waals surface area contributed by atoms with Gasteiger partial charge in [0.05, 0.1) is 0 Å². The first kappa shape index (κ1) is 17.3. The van der Waals surface area contributed by atoms with Crippen LogP contribution in [0, 0.1) is 0 Å². The van der Waals surface area contributed by atoms with Gasteiger partial charge in [0.25, 0.3) is 0 Å². The van der Waals surface area contributed by atoms with Crippen LogP contribution < -0.4 is 0 Å². The van der Waals surface area contributed by atoms with Gasteiger partial charge >= 0.3 is 113 Å². The van der Waals surface area contributed by atoms with Crippen LogP contribution >= 0.6 is 0 Å². The molecule has 0 amide bonds. The van der Waals surface area contributed by atoms with E-state index in [4.69, 9.17) is 4.74 Å². The maximum absolute atomic E-state index is 6.06. The van der Waals surface area contributed by atoms with Crippen molar-refractivity contribution >= 4 is 18.4 Å². The van der Waals surface area contributed by atoms with E-state index >= 15 is 0 Å². The van der Waals surface area contributed by atoms with Gasteiger partial charge in [0.1, 0.15) is 0 Å². The van der Waals surface area contributed by atoms with Gasteiger partial charge in [-0.1, -0.05) is 0 Å². The van der Waals surface area contributed by atoms with E-state index in [2.05, 4.69) is 40.7 Å². The molecule has 2 heteroatoms. The van der Waals surface area contributed by atoms with Crippen LogP contribution in [0.3, 0.4) is 0 Å². The maximum atomic E-state index is 6.06. The molecule has 0 heterocycles. The molecular weight excluding hydrogens is 315 g/mol. The van der Waals surface area contributed by atoms with Crippen LogP contribution in [-0.4, -0.2) is 25.0 Å². The zero-order valence-corrected chi connectivity index (χ0v) is 15.5. The summed E-state index contributed by atoms with van der Waals surface area (Å²) in [5.41, 5.74) is 0. The Balaban J connectivity index is 5.09. The van der Waals surface area contributed by atoms with Gasteiger partial charge in [-0.3, -0.25) is 0 Å². The molecule has 0 spiro atoms. The Kier molecular flexibility index (Phi) is 10.5. The molecule has 0 aliphatic rings. The Labute approximate surface area is 113 Å². The molecule has 0 saturated carbocycles. The zero-order chi connectivity index (χ0) is 13.1.